The molecule has 0 bridgehead atoms. The van der Waals surface area contributed by atoms with E-state index in [2.05, 4.69) is 232 Å². The molecule has 7 aromatic rings. The van der Waals surface area contributed by atoms with Crippen LogP contribution < -0.4 is 26.2 Å². The van der Waals surface area contributed by atoms with Gasteiger partial charge in [0.1, 0.15) is 0 Å². The molecule has 7 aromatic carbocycles. The second kappa shape index (κ2) is 14.6. The highest BCUT2D eigenvalue weighted by molar-refractivity contribution is 7.00. The maximum Gasteiger partial charge on any atom is 0.252 e. The molecule has 11 rings (SSSR count). The first-order valence-electron chi connectivity index (χ1n) is 24.7. The highest BCUT2D eigenvalue weighted by Crippen LogP contribution is 2.53. The number of aryl methyl sites for hydroxylation is 1. The third-order valence-corrected chi connectivity index (χ3v) is 16.7. The summed E-state index contributed by atoms with van der Waals surface area (Å²) in [6.07, 6.45) is 4.73. The van der Waals surface area contributed by atoms with Crippen LogP contribution in [0.5, 0.6) is 0 Å². The van der Waals surface area contributed by atoms with Gasteiger partial charge in [-0.05, 0) is 180 Å². The van der Waals surface area contributed by atoms with Crippen molar-refractivity contribution in [2.45, 2.75) is 136 Å². The highest BCUT2D eigenvalue weighted by atomic mass is 15.2. The minimum Gasteiger partial charge on any atom is -0.311 e. The van der Waals surface area contributed by atoms with Crippen LogP contribution in [-0.2, 0) is 27.1 Å². The van der Waals surface area contributed by atoms with Crippen molar-refractivity contribution in [2.75, 3.05) is 9.80 Å². The average Bonchev–Trinajstić information content (AvgIpc) is 3.29. The van der Waals surface area contributed by atoms with Crippen molar-refractivity contribution >= 4 is 57.2 Å². The van der Waals surface area contributed by atoms with E-state index in [-0.39, 0.29) is 33.8 Å². The molecule has 3 heteroatoms. The summed E-state index contributed by atoms with van der Waals surface area (Å²) in [7, 11) is 0. The second-order valence-electron chi connectivity index (χ2n) is 24.0. The quantitative estimate of drug-likeness (QED) is 0.163. The summed E-state index contributed by atoms with van der Waals surface area (Å²) in [6, 6.07) is 54.3. The van der Waals surface area contributed by atoms with Crippen LogP contribution in [0.1, 0.15) is 135 Å². The molecule has 2 nitrogen and oxygen atoms in total. The monoisotopic (exact) mass is 863 g/mol. The molecule has 2 aliphatic carbocycles. The molecule has 2 heterocycles. The molecule has 0 unspecified atom stereocenters. The van der Waals surface area contributed by atoms with Crippen molar-refractivity contribution in [1.82, 2.24) is 0 Å². The van der Waals surface area contributed by atoms with Gasteiger partial charge < -0.3 is 9.80 Å². The highest BCUT2D eigenvalue weighted by Gasteiger charge is 2.48. The predicted molar refractivity (Wildman–Crippen MR) is 285 cm³/mol. The predicted octanol–water partition coefficient (Wildman–Crippen LogP) is 15.4. The lowest BCUT2D eigenvalue weighted by Gasteiger charge is -2.48. The fourth-order valence-corrected chi connectivity index (χ4v) is 12.3. The van der Waals surface area contributed by atoms with Crippen LogP contribution in [0, 0.1) is 6.92 Å². The molecule has 0 fully saturated rings. The first-order valence-corrected chi connectivity index (χ1v) is 24.7. The zero-order chi connectivity index (χ0) is 46.3. The third kappa shape index (κ3) is 6.65. The van der Waals surface area contributed by atoms with Crippen molar-refractivity contribution in [3.8, 4) is 22.3 Å². The maximum atomic E-state index is 2.71. The molecule has 0 atom stereocenters. The first-order chi connectivity index (χ1) is 31.2. The summed E-state index contributed by atoms with van der Waals surface area (Å²) < 4.78 is 0. The molecule has 0 radical (unpaired) electrons. The summed E-state index contributed by atoms with van der Waals surface area (Å²) in [5.41, 5.74) is 25.6. The summed E-state index contributed by atoms with van der Waals surface area (Å²) in [5.74, 6) is 0. The number of hydrogen-bond acceptors (Lipinski definition) is 2. The van der Waals surface area contributed by atoms with Crippen LogP contribution in [-0.4, -0.2) is 6.71 Å². The Morgan fingerprint density at radius 2 is 0.894 bits per heavy atom. The van der Waals surface area contributed by atoms with Gasteiger partial charge in [-0.2, -0.15) is 0 Å². The van der Waals surface area contributed by atoms with Crippen molar-refractivity contribution in [2.24, 2.45) is 0 Å². The number of fused-ring (bicyclic) bond motifs is 6. The fourth-order valence-electron chi connectivity index (χ4n) is 12.3. The van der Waals surface area contributed by atoms with Gasteiger partial charge in [0.25, 0.3) is 6.71 Å². The van der Waals surface area contributed by atoms with E-state index in [0.29, 0.717) is 0 Å². The van der Waals surface area contributed by atoms with E-state index in [9.17, 15) is 0 Å². The average molecular weight is 863 g/mol. The Kier molecular flexibility index (Phi) is 9.47. The zero-order valence-corrected chi connectivity index (χ0v) is 41.6. The molecule has 66 heavy (non-hydrogen) atoms. The first kappa shape index (κ1) is 42.8. The second-order valence-corrected chi connectivity index (χ2v) is 24.0. The Morgan fingerprint density at radius 3 is 1.45 bits per heavy atom. The maximum absolute atomic E-state index is 2.71. The smallest absolute Gasteiger partial charge is 0.252 e. The van der Waals surface area contributed by atoms with Crippen LogP contribution in [0.25, 0.3) is 22.3 Å². The van der Waals surface area contributed by atoms with Crippen LogP contribution in [0.15, 0.2) is 140 Å². The summed E-state index contributed by atoms with van der Waals surface area (Å²) in [4.78, 5) is 5.34. The molecule has 0 saturated heterocycles. The van der Waals surface area contributed by atoms with Gasteiger partial charge in [-0.15, -0.1) is 0 Å². The molecule has 4 aliphatic rings. The van der Waals surface area contributed by atoms with Gasteiger partial charge in [0, 0.05) is 34.1 Å². The Balaban J connectivity index is 1.26. The van der Waals surface area contributed by atoms with Crippen LogP contribution in [0.4, 0.5) is 34.1 Å². The van der Waals surface area contributed by atoms with E-state index in [0.717, 1.165) is 0 Å². The van der Waals surface area contributed by atoms with Crippen molar-refractivity contribution < 1.29 is 0 Å². The largest absolute Gasteiger partial charge is 0.311 e. The minimum absolute atomic E-state index is 0.0215. The Hall–Kier alpha value is -5.80. The molecule has 0 spiro atoms. The molecule has 2 aliphatic heterocycles. The lowest BCUT2D eigenvalue weighted by molar-refractivity contribution is 0.332. The lowest BCUT2D eigenvalue weighted by Crippen LogP contribution is -2.62. The summed E-state index contributed by atoms with van der Waals surface area (Å²) >= 11 is 0. The SMILES string of the molecule is Cc1cc(-c2ccccc2)ccc1N1c2ccc(-c3ccccc3)cc2B2c3cc4c(cc3N(c3ccc5c(c3)C(C)(C)CCC5(C)C)c3cc(C(C)(C)C)cc1c32)C(C)(C)CCC4(C)C. The number of anilines is 6. The molecular formula is C63H67BN2. The van der Waals surface area contributed by atoms with E-state index in [1.165, 1.54) is 132 Å². The van der Waals surface area contributed by atoms with Crippen LogP contribution in [0.2, 0.25) is 0 Å². The number of benzene rings is 7. The van der Waals surface area contributed by atoms with Crippen LogP contribution >= 0.6 is 0 Å². The Morgan fingerprint density at radius 1 is 0.409 bits per heavy atom. The van der Waals surface area contributed by atoms with E-state index >= 15 is 0 Å². The van der Waals surface area contributed by atoms with E-state index in [1.807, 2.05) is 0 Å². The molecule has 332 valence electrons. The van der Waals surface area contributed by atoms with E-state index in [4.69, 9.17) is 0 Å². The van der Waals surface area contributed by atoms with E-state index < -0.39 is 0 Å². The number of rotatable bonds is 4. The Labute approximate surface area is 396 Å². The normalized spacial score (nSPS) is 18.2. The van der Waals surface area contributed by atoms with Gasteiger partial charge in [0.2, 0.25) is 0 Å². The molecule has 0 aromatic heterocycles. The molecule has 0 saturated carbocycles. The van der Waals surface area contributed by atoms with Crippen molar-refractivity contribution in [1.29, 1.82) is 0 Å². The van der Waals surface area contributed by atoms with Gasteiger partial charge in [0.15, 0.2) is 0 Å². The molecule has 0 amide bonds. The molecule has 0 N–H and O–H groups in total. The van der Waals surface area contributed by atoms with Crippen LogP contribution in [0.3, 0.4) is 0 Å². The Bertz CT molecular complexity index is 3090. The zero-order valence-electron chi connectivity index (χ0n) is 41.6. The lowest BCUT2D eigenvalue weighted by atomic mass is 9.33. The molecular weight excluding hydrogens is 796 g/mol. The fraction of sp³-hybridized carbons (Fsp3) is 0.333. The van der Waals surface area contributed by atoms with E-state index in [1.54, 1.807) is 0 Å². The number of hydrogen-bond donors (Lipinski definition) is 0. The third-order valence-electron chi connectivity index (χ3n) is 16.7. The van der Waals surface area contributed by atoms with Gasteiger partial charge in [-0.25, -0.2) is 0 Å². The minimum atomic E-state index is -0.105. The standard InChI is InChI=1S/C63H67BN2/c1-40-33-43(41-19-15-13-16-20-41)23-27-53(40)66-54-28-24-44(42-21-17-14-18-22-42)34-51(54)64-52-38-49-50(63(11,12)32-31-62(49,9)10)39-55(52)65(56-35-45(59(2,3)4)36-57(66)58(56)64)46-25-26-47-48(37-46)61(7,8)30-29-60(47,5)6/h13-28,33-39H,29-32H2,1-12H3. The van der Waals surface area contributed by atoms with Crippen molar-refractivity contribution in [3.63, 3.8) is 0 Å². The van der Waals surface area contributed by atoms with Gasteiger partial charge >= 0.3 is 0 Å². The number of nitrogens with zero attached hydrogens (tertiary/aromatic N) is 2. The topological polar surface area (TPSA) is 6.48 Å². The summed E-state index contributed by atoms with van der Waals surface area (Å²) in [5, 5.41) is 0. The van der Waals surface area contributed by atoms with Gasteiger partial charge in [-0.1, -0.05) is 167 Å². The van der Waals surface area contributed by atoms with Gasteiger partial charge in [-0.3, -0.25) is 0 Å². The summed E-state index contributed by atoms with van der Waals surface area (Å²) in [6.45, 7) is 29.3. The van der Waals surface area contributed by atoms with Gasteiger partial charge in [0.05, 0.1) is 0 Å². The van der Waals surface area contributed by atoms with Crippen molar-refractivity contribution in [3.05, 3.63) is 173 Å².